The van der Waals surface area contributed by atoms with Crippen LogP contribution in [0.2, 0.25) is 0 Å². The highest BCUT2D eigenvalue weighted by Gasteiger charge is 2.17. The van der Waals surface area contributed by atoms with E-state index in [-0.39, 0.29) is 18.2 Å². The number of sulfonamides is 1. The molecule has 6 nitrogen and oxygen atoms in total. The first-order valence-corrected chi connectivity index (χ1v) is 6.86. The highest BCUT2D eigenvalue weighted by atomic mass is 32.2. The van der Waals surface area contributed by atoms with Crippen molar-refractivity contribution in [1.82, 2.24) is 10.0 Å². The van der Waals surface area contributed by atoms with Crippen LogP contribution in [0.4, 0.5) is 0 Å². The van der Waals surface area contributed by atoms with E-state index in [1.165, 1.54) is 6.07 Å². The fraction of sp³-hybridized carbons (Fsp3) is 0.600. The van der Waals surface area contributed by atoms with Crippen molar-refractivity contribution in [1.29, 1.82) is 0 Å². The zero-order chi connectivity index (χ0) is 12.9. The Morgan fingerprint density at radius 3 is 2.71 bits per heavy atom. The molecule has 7 heteroatoms. The van der Waals surface area contributed by atoms with Crippen molar-refractivity contribution in [3.05, 3.63) is 17.9 Å². The van der Waals surface area contributed by atoms with Gasteiger partial charge in [0, 0.05) is 12.6 Å². The van der Waals surface area contributed by atoms with E-state index in [0.717, 1.165) is 0 Å². The molecule has 1 heterocycles. The summed E-state index contributed by atoms with van der Waals surface area (Å²) in [4.78, 5) is 0. The first-order valence-electron chi connectivity index (χ1n) is 5.38. The molecule has 3 N–H and O–H groups in total. The molecule has 0 fully saturated rings. The van der Waals surface area contributed by atoms with Crippen LogP contribution in [0, 0.1) is 0 Å². The fourth-order valence-corrected chi connectivity index (χ4v) is 2.12. The molecule has 0 saturated heterocycles. The zero-order valence-electron chi connectivity index (χ0n) is 9.93. The lowest BCUT2D eigenvalue weighted by molar-refractivity contribution is 0.300. The Morgan fingerprint density at radius 1 is 1.41 bits per heavy atom. The van der Waals surface area contributed by atoms with Gasteiger partial charge >= 0.3 is 0 Å². The molecule has 0 unspecified atom stereocenters. The first kappa shape index (κ1) is 14.2. The zero-order valence-corrected chi connectivity index (χ0v) is 10.8. The molecular formula is C10H18N2O4S. The number of hydrogen-bond acceptors (Lipinski definition) is 5. The molecule has 0 amide bonds. The van der Waals surface area contributed by atoms with Gasteiger partial charge in [0.25, 0.3) is 10.0 Å². The fourth-order valence-electron chi connectivity index (χ4n) is 1.15. The van der Waals surface area contributed by atoms with E-state index in [0.29, 0.717) is 18.3 Å². The van der Waals surface area contributed by atoms with Crippen molar-refractivity contribution in [2.75, 3.05) is 13.2 Å². The van der Waals surface area contributed by atoms with Crippen LogP contribution in [0.3, 0.4) is 0 Å². The summed E-state index contributed by atoms with van der Waals surface area (Å²) in [6.45, 7) is 4.18. The number of aliphatic hydroxyl groups excluding tert-OH is 1. The van der Waals surface area contributed by atoms with Crippen molar-refractivity contribution >= 4 is 10.0 Å². The van der Waals surface area contributed by atoms with Gasteiger partial charge in [0.05, 0.1) is 13.2 Å². The lowest BCUT2D eigenvalue weighted by atomic mass is 10.3. The van der Waals surface area contributed by atoms with Gasteiger partial charge in [0.15, 0.2) is 0 Å². The maximum absolute atomic E-state index is 11.6. The van der Waals surface area contributed by atoms with Gasteiger partial charge in [-0.25, -0.2) is 13.1 Å². The average molecular weight is 262 g/mol. The van der Waals surface area contributed by atoms with E-state index in [2.05, 4.69) is 10.0 Å². The number of aliphatic hydroxyl groups is 1. The summed E-state index contributed by atoms with van der Waals surface area (Å²) in [7, 11) is -3.64. The van der Waals surface area contributed by atoms with Crippen molar-refractivity contribution in [2.45, 2.75) is 31.5 Å². The van der Waals surface area contributed by atoms with Gasteiger partial charge in [-0.1, -0.05) is 13.8 Å². The molecule has 0 aliphatic carbocycles. The number of rotatable bonds is 7. The quantitative estimate of drug-likeness (QED) is 0.645. The summed E-state index contributed by atoms with van der Waals surface area (Å²) >= 11 is 0. The SMILES string of the molecule is CC(C)NCc1ccc(S(=O)(=O)NCCO)o1. The maximum Gasteiger partial charge on any atom is 0.274 e. The minimum atomic E-state index is -3.64. The number of hydrogen-bond donors (Lipinski definition) is 3. The van der Waals surface area contributed by atoms with Crippen molar-refractivity contribution in [2.24, 2.45) is 0 Å². The van der Waals surface area contributed by atoms with Crippen molar-refractivity contribution < 1.29 is 17.9 Å². The molecule has 0 radical (unpaired) electrons. The second-order valence-corrected chi connectivity index (χ2v) is 5.58. The molecular weight excluding hydrogens is 244 g/mol. The second-order valence-electron chi connectivity index (χ2n) is 3.88. The van der Waals surface area contributed by atoms with Crippen LogP contribution < -0.4 is 10.0 Å². The van der Waals surface area contributed by atoms with E-state index in [9.17, 15) is 8.42 Å². The average Bonchev–Trinajstić information content (AvgIpc) is 2.73. The molecule has 17 heavy (non-hydrogen) atoms. The van der Waals surface area contributed by atoms with Gasteiger partial charge in [-0.3, -0.25) is 0 Å². The number of nitrogens with one attached hydrogen (secondary N) is 2. The molecule has 0 saturated carbocycles. The molecule has 1 rings (SSSR count). The molecule has 0 aliphatic rings. The molecule has 1 aromatic heterocycles. The summed E-state index contributed by atoms with van der Waals surface area (Å²) in [6, 6.07) is 3.31. The molecule has 0 atom stereocenters. The van der Waals surface area contributed by atoms with Gasteiger partial charge in [-0.05, 0) is 12.1 Å². The van der Waals surface area contributed by atoms with Crippen LogP contribution in [-0.4, -0.2) is 32.7 Å². The highest BCUT2D eigenvalue weighted by molar-refractivity contribution is 7.89. The summed E-state index contributed by atoms with van der Waals surface area (Å²) in [5, 5.41) is 11.5. The third kappa shape index (κ3) is 4.47. The van der Waals surface area contributed by atoms with E-state index in [4.69, 9.17) is 9.52 Å². The molecule has 0 aromatic carbocycles. The van der Waals surface area contributed by atoms with E-state index in [1.807, 2.05) is 13.8 Å². The van der Waals surface area contributed by atoms with Crippen LogP contribution in [0.5, 0.6) is 0 Å². The van der Waals surface area contributed by atoms with Crippen LogP contribution in [0.25, 0.3) is 0 Å². The van der Waals surface area contributed by atoms with Gasteiger partial charge in [-0.2, -0.15) is 0 Å². The van der Waals surface area contributed by atoms with Gasteiger partial charge < -0.3 is 14.8 Å². The van der Waals surface area contributed by atoms with Crippen LogP contribution in [0.1, 0.15) is 19.6 Å². The van der Waals surface area contributed by atoms with Crippen molar-refractivity contribution in [3.8, 4) is 0 Å². The topological polar surface area (TPSA) is 91.6 Å². The van der Waals surface area contributed by atoms with Gasteiger partial charge in [0.2, 0.25) is 5.09 Å². The van der Waals surface area contributed by atoms with E-state index < -0.39 is 10.0 Å². The maximum atomic E-state index is 11.6. The number of furan rings is 1. The molecule has 0 spiro atoms. The minimum absolute atomic E-state index is 0.0252. The summed E-state index contributed by atoms with van der Waals surface area (Å²) in [5.74, 6) is 0.558. The van der Waals surface area contributed by atoms with Gasteiger partial charge in [-0.15, -0.1) is 0 Å². The molecule has 0 bridgehead atoms. The summed E-state index contributed by atoms with van der Waals surface area (Å²) in [6.07, 6.45) is 0. The van der Waals surface area contributed by atoms with Crippen LogP contribution >= 0.6 is 0 Å². The summed E-state index contributed by atoms with van der Waals surface area (Å²) < 4.78 is 30.6. The first-order chi connectivity index (χ1) is 7.95. The Morgan fingerprint density at radius 2 is 2.12 bits per heavy atom. The smallest absolute Gasteiger partial charge is 0.274 e. The second kappa shape index (κ2) is 6.15. The Labute approximate surface area is 101 Å². The lowest BCUT2D eigenvalue weighted by Crippen LogP contribution is -2.26. The Hall–Kier alpha value is -0.890. The largest absolute Gasteiger partial charge is 0.447 e. The lowest BCUT2D eigenvalue weighted by Gasteiger charge is -2.05. The minimum Gasteiger partial charge on any atom is -0.447 e. The normalized spacial score (nSPS) is 12.2. The van der Waals surface area contributed by atoms with E-state index >= 15 is 0 Å². The highest BCUT2D eigenvalue weighted by Crippen LogP contribution is 2.13. The summed E-state index contributed by atoms with van der Waals surface area (Å²) in [5.41, 5.74) is 0. The predicted octanol–water partition coefficient (Wildman–Crippen LogP) is 0.0482. The Kier molecular flexibility index (Phi) is 5.13. The van der Waals surface area contributed by atoms with Crippen LogP contribution in [-0.2, 0) is 16.6 Å². The third-order valence-corrected chi connectivity index (χ3v) is 3.32. The molecule has 1 aromatic rings. The monoisotopic (exact) mass is 262 g/mol. The Bertz CT molecular complexity index is 439. The molecule has 0 aliphatic heterocycles. The van der Waals surface area contributed by atoms with Gasteiger partial charge in [0.1, 0.15) is 5.76 Å². The Balaban J connectivity index is 2.67. The van der Waals surface area contributed by atoms with Crippen LogP contribution in [0.15, 0.2) is 21.6 Å². The molecule has 98 valence electrons. The van der Waals surface area contributed by atoms with Crippen molar-refractivity contribution in [3.63, 3.8) is 0 Å². The van der Waals surface area contributed by atoms with E-state index in [1.54, 1.807) is 6.07 Å². The predicted molar refractivity (Wildman–Crippen MR) is 63.0 cm³/mol. The standard InChI is InChI=1S/C10H18N2O4S/c1-8(2)11-7-9-3-4-10(16-9)17(14,15)12-5-6-13/h3-4,8,11-13H,5-7H2,1-2H3. The third-order valence-electron chi connectivity index (χ3n) is 1.99.